The number of rotatable bonds is 10. The maximum Gasteiger partial charge on any atom is 0.333 e. The van der Waals surface area contributed by atoms with Crippen LogP contribution in [-0.4, -0.2) is 76.7 Å². The molecule has 5 atom stereocenters. The number of imide groups is 1. The lowest BCUT2D eigenvalue weighted by Crippen LogP contribution is -2.57. The molecule has 2 aliphatic heterocycles. The van der Waals surface area contributed by atoms with Crippen LogP contribution in [0.3, 0.4) is 0 Å². The van der Waals surface area contributed by atoms with Gasteiger partial charge in [-0.25, -0.2) is 4.79 Å². The molecular formula is C19H28N2O9. The predicted octanol–water partition coefficient (Wildman–Crippen LogP) is -0.834. The molecule has 2 rings (SSSR count). The van der Waals surface area contributed by atoms with Gasteiger partial charge in [-0.05, 0) is 6.42 Å². The summed E-state index contributed by atoms with van der Waals surface area (Å²) in [5.41, 5.74) is 0. The van der Waals surface area contributed by atoms with E-state index in [0.29, 0.717) is 5.06 Å². The first-order chi connectivity index (χ1) is 14.2. The SMILES string of the molecule is C=CCOC1OC(CNC(=O)CCCC(=O)ON2C(=O)CCC2=O)C(O)C(O)C1C. The number of ether oxygens (including phenoxy) is 2. The smallest absolute Gasteiger partial charge is 0.333 e. The van der Waals surface area contributed by atoms with E-state index in [1.165, 1.54) is 6.08 Å². The van der Waals surface area contributed by atoms with Gasteiger partial charge < -0.3 is 29.8 Å². The van der Waals surface area contributed by atoms with E-state index >= 15 is 0 Å². The molecule has 0 aromatic rings. The number of hydroxylamine groups is 2. The van der Waals surface area contributed by atoms with Crippen LogP contribution in [-0.2, 0) is 33.5 Å². The highest BCUT2D eigenvalue weighted by molar-refractivity contribution is 6.01. The summed E-state index contributed by atoms with van der Waals surface area (Å²) in [6, 6.07) is 0. The van der Waals surface area contributed by atoms with Crippen LogP contribution < -0.4 is 5.32 Å². The van der Waals surface area contributed by atoms with Crippen molar-refractivity contribution >= 4 is 23.7 Å². The fraction of sp³-hybridized carbons (Fsp3) is 0.684. The summed E-state index contributed by atoms with van der Waals surface area (Å²) >= 11 is 0. The standard InChI is InChI=1S/C19H28N2O9/c1-3-9-28-19-11(2)17(26)18(27)12(29-19)10-20-13(22)5-4-6-16(25)30-21-14(23)7-8-15(21)24/h3,11-12,17-19,26-27H,1,4-10H2,2H3,(H,20,22). The highest BCUT2D eigenvalue weighted by atomic mass is 16.7. The molecule has 2 saturated heterocycles. The molecule has 2 fully saturated rings. The van der Waals surface area contributed by atoms with Crippen LogP contribution in [0.4, 0.5) is 0 Å². The lowest BCUT2D eigenvalue weighted by Gasteiger charge is -2.41. The zero-order valence-corrected chi connectivity index (χ0v) is 16.8. The van der Waals surface area contributed by atoms with Gasteiger partial charge in [0.25, 0.3) is 11.8 Å². The van der Waals surface area contributed by atoms with E-state index in [2.05, 4.69) is 11.9 Å². The molecule has 0 aromatic carbocycles. The molecule has 5 unspecified atom stereocenters. The highest BCUT2D eigenvalue weighted by Gasteiger charge is 2.42. The molecule has 0 saturated carbocycles. The first kappa shape index (κ1) is 23.9. The molecular weight excluding hydrogens is 400 g/mol. The summed E-state index contributed by atoms with van der Waals surface area (Å²) < 4.78 is 11.1. The second-order valence-corrected chi connectivity index (χ2v) is 7.21. The highest BCUT2D eigenvalue weighted by Crippen LogP contribution is 2.26. The van der Waals surface area contributed by atoms with Crippen LogP contribution in [0, 0.1) is 5.92 Å². The largest absolute Gasteiger partial charge is 0.390 e. The van der Waals surface area contributed by atoms with E-state index in [-0.39, 0.29) is 45.3 Å². The van der Waals surface area contributed by atoms with Crippen molar-refractivity contribution in [3.8, 4) is 0 Å². The average Bonchev–Trinajstić information content (AvgIpc) is 3.02. The zero-order chi connectivity index (χ0) is 22.3. The number of nitrogens with one attached hydrogen (secondary N) is 1. The van der Waals surface area contributed by atoms with Crippen molar-refractivity contribution in [2.24, 2.45) is 5.92 Å². The van der Waals surface area contributed by atoms with E-state index in [4.69, 9.17) is 14.3 Å². The number of amides is 3. The summed E-state index contributed by atoms with van der Waals surface area (Å²) in [7, 11) is 0. The fourth-order valence-corrected chi connectivity index (χ4v) is 3.09. The minimum atomic E-state index is -1.20. The molecule has 168 valence electrons. The number of nitrogens with zero attached hydrogens (tertiary/aromatic N) is 1. The first-order valence-corrected chi connectivity index (χ1v) is 9.82. The third kappa shape index (κ3) is 6.33. The number of hydrogen-bond donors (Lipinski definition) is 3. The Balaban J connectivity index is 1.70. The Morgan fingerprint density at radius 1 is 1.23 bits per heavy atom. The first-order valence-electron chi connectivity index (χ1n) is 9.82. The average molecular weight is 428 g/mol. The van der Waals surface area contributed by atoms with Gasteiger partial charge in [0, 0.05) is 38.1 Å². The van der Waals surface area contributed by atoms with E-state index in [9.17, 15) is 29.4 Å². The minimum absolute atomic E-state index is 0.0105. The lowest BCUT2D eigenvalue weighted by atomic mass is 9.92. The van der Waals surface area contributed by atoms with E-state index in [1.54, 1.807) is 6.92 Å². The molecule has 2 heterocycles. The van der Waals surface area contributed by atoms with Gasteiger partial charge in [0.15, 0.2) is 6.29 Å². The van der Waals surface area contributed by atoms with Gasteiger partial charge in [-0.2, -0.15) is 0 Å². The Morgan fingerprint density at radius 3 is 2.53 bits per heavy atom. The van der Waals surface area contributed by atoms with Crippen LogP contribution in [0.25, 0.3) is 0 Å². The van der Waals surface area contributed by atoms with Crippen LogP contribution >= 0.6 is 0 Å². The van der Waals surface area contributed by atoms with Crippen LogP contribution in [0.1, 0.15) is 39.0 Å². The second kappa shape index (κ2) is 11.2. The van der Waals surface area contributed by atoms with Crippen molar-refractivity contribution < 1.29 is 43.7 Å². The van der Waals surface area contributed by atoms with Crippen molar-refractivity contribution in [3.63, 3.8) is 0 Å². The monoisotopic (exact) mass is 428 g/mol. The van der Waals surface area contributed by atoms with Crippen molar-refractivity contribution in [1.29, 1.82) is 0 Å². The maximum atomic E-state index is 12.0. The van der Waals surface area contributed by atoms with Gasteiger partial charge in [-0.15, -0.1) is 11.6 Å². The topological polar surface area (TPSA) is 152 Å². The number of carbonyl (C=O) groups excluding carboxylic acids is 4. The summed E-state index contributed by atoms with van der Waals surface area (Å²) in [6.07, 6.45) is -2.38. The number of hydrogen-bond acceptors (Lipinski definition) is 9. The van der Waals surface area contributed by atoms with Crippen molar-refractivity contribution in [1.82, 2.24) is 10.4 Å². The summed E-state index contributed by atoms with van der Waals surface area (Å²) in [4.78, 5) is 51.2. The molecule has 11 nitrogen and oxygen atoms in total. The van der Waals surface area contributed by atoms with Crippen molar-refractivity contribution in [3.05, 3.63) is 12.7 Å². The van der Waals surface area contributed by atoms with Crippen LogP contribution in [0.15, 0.2) is 12.7 Å². The molecule has 3 N–H and O–H groups in total. The molecule has 3 amide bonds. The quantitative estimate of drug-likeness (QED) is 0.299. The van der Waals surface area contributed by atoms with Gasteiger partial charge in [0.1, 0.15) is 12.2 Å². The predicted molar refractivity (Wildman–Crippen MR) is 100 cm³/mol. The van der Waals surface area contributed by atoms with Gasteiger partial charge in [0.05, 0.1) is 12.7 Å². The summed E-state index contributed by atoms with van der Waals surface area (Å²) in [6.45, 7) is 5.37. The molecule has 0 radical (unpaired) electrons. The third-order valence-electron chi connectivity index (χ3n) is 4.87. The van der Waals surface area contributed by atoms with Gasteiger partial charge in [-0.1, -0.05) is 13.0 Å². The molecule has 0 aromatic heterocycles. The normalized spacial score (nSPS) is 29.0. The van der Waals surface area contributed by atoms with Crippen LogP contribution in [0.5, 0.6) is 0 Å². The molecule has 2 aliphatic rings. The number of carbonyl (C=O) groups is 4. The van der Waals surface area contributed by atoms with Gasteiger partial charge in [0.2, 0.25) is 5.91 Å². The molecule has 0 aliphatic carbocycles. The maximum absolute atomic E-state index is 12.0. The van der Waals surface area contributed by atoms with Gasteiger partial charge in [-0.3, -0.25) is 14.4 Å². The Hall–Kier alpha value is -2.34. The Morgan fingerprint density at radius 2 is 1.90 bits per heavy atom. The Bertz CT molecular complexity index is 652. The third-order valence-corrected chi connectivity index (χ3v) is 4.87. The molecule has 0 spiro atoms. The minimum Gasteiger partial charge on any atom is -0.390 e. The van der Waals surface area contributed by atoms with E-state index < -0.39 is 54.2 Å². The molecule has 0 bridgehead atoms. The van der Waals surface area contributed by atoms with Crippen molar-refractivity contribution in [2.75, 3.05) is 13.2 Å². The van der Waals surface area contributed by atoms with E-state index in [1.807, 2.05) is 0 Å². The summed E-state index contributed by atoms with van der Waals surface area (Å²) in [5, 5.41) is 23.4. The lowest BCUT2D eigenvalue weighted by molar-refractivity contribution is -0.272. The van der Waals surface area contributed by atoms with E-state index in [0.717, 1.165) is 0 Å². The molecule has 30 heavy (non-hydrogen) atoms. The second-order valence-electron chi connectivity index (χ2n) is 7.21. The van der Waals surface area contributed by atoms with Crippen molar-refractivity contribution in [2.45, 2.75) is 63.6 Å². The summed E-state index contributed by atoms with van der Waals surface area (Å²) in [5.74, 6) is -2.78. The molecule has 11 heteroatoms. The Labute approximate surface area is 173 Å². The zero-order valence-electron chi connectivity index (χ0n) is 16.8. The Kier molecular flexibility index (Phi) is 8.90. The number of aliphatic hydroxyl groups excluding tert-OH is 2. The number of aliphatic hydroxyl groups is 2. The van der Waals surface area contributed by atoms with Crippen LogP contribution in [0.2, 0.25) is 0 Å². The fourth-order valence-electron chi connectivity index (χ4n) is 3.09. The van der Waals surface area contributed by atoms with Gasteiger partial charge >= 0.3 is 5.97 Å².